The molecule has 0 saturated heterocycles. The number of ether oxygens (including phenoxy) is 2. The summed E-state index contributed by atoms with van der Waals surface area (Å²) in [7, 11) is 1.83. The van der Waals surface area contributed by atoms with Crippen LogP contribution in [0, 0.1) is 0 Å². The highest BCUT2D eigenvalue weighted by atomic mass is 16.6. The van der Waals surface area contributed by atoms with Crippen molar-refractivity contribution in [2.75, 3.05) is 26.8 Å². The molecule has 0 atom stereocenters. The van der Waals surface area contributed by atoms with Crippen LogP contribution in [0.2, 0.25) is 0 Å². The highest BCUT2D eigenvalue weighted by Gasteiger charge is 2.04. The molecule has 0 aliphatic carbocycles. The van der Waals surface area contributed by atoms with Crippen molar-refractivity contribution in [1.82, 2.24) is 5.32 Å². The van der Waals surface area contributed by atoms with Crippen molar-refractivity contribution >= 4 is 5.97 Å². The zero-order chi connectivity index (χ0) is 9.40. The lowest BCUT2D eigenvalue weighted by atomic mass is 10.5. The zero-order valence-electron chi connectivity index (χ0n) is 7.92. The average Bonchev–Trinajstić information content (AvgIpc) is 1.97. The quantitative estimate of drug-likeness (QED) is 0.462. The van der Waals surface area contributed by atoms with E-state index in [-0.39, 0.29) is 18.7 Å². The number of carbonyl (C=O) groups is 1. The molecule has 0 spiro atoms. The fraction of sp³-hybridized carbons (Fsp3) is 0.875. The van der Waals surface area contributed by atoms with E-state index in [0.717, 1.165) is 6.54 Å². The lowest BCUT2D eigenvalue weighted by molar-refractivity contribution is -0.152. The van der Waals surface area contributed by atoms with E-state index in [1.165, 1.54) is 0 Å². The van der Waals surface area contributed by atoms with Gasteiger partial charge in [-0.25, -0.2) is 4.79 Å². The van der Waals surface area contributed by atoms with Crippen molar-refractivity contribution < 1.29 is 14.3 Å². The van der Waals surface area contributed by atoms with E-state index in [9.17, 15) is 4.79 Å². The number of rotatable bonds is 6. The van der Waals surface area contributed by atoms with Crippen LogP contribution in [0.4, 0.5) is 0 Å². The maximum absolute atomic E-state index is 10.8. The van der Waals surface area contributed by atoms with Crippen molar-refractivity contribution in [2.45, 2.75) is 20.0 Å². The maximum Gasteiger partial charge on any atom is 0.332 e. The molecule has 0 amide bonds. The average molecular weight is 175 g/mol. The summed E-state index contributed by atoms with van der Waals surface area (Å²) in [6.45, 7) is 4.94. The van der Waals surface area contributed by atoms with E-state index in [1.54, 1.807) is 0 Å². The van der Waals surface area contributed by atoms with Crippen LogP contribution >= 0.6 is 0 Å². The fourth-order valence-corrected chi connectivity index (χ4v) is 0.627. The summed E-state index contributed by atoms with van der Waals surface area (Å²) in [5.41, 5.74) is 0. The predicted octanol–water partition coefficient (Wildman–Crippen LogP) is 0.174. The SMILES string of the molecule is CNCCOCC(=O)OC(C)C. The summed E-state index contributed by atoms with van der Waals surface area (Å²) in [6, 6.07) is 0. The molecule has 4 heteroatoms. The van der Waals surface area contributed by atoms with Gasteiger partial charge in [0, 0.05) is 6.54 Å². The van der Waals surface area contributed by atoms with Crippen LogP contribution in [0.3, 0.4) is 0 Å². The largest absolute Gasteiger partial charge is 0.461 e. The fourth-order valence-electron chi connectivity index (χ4n) is 0.627. The Kier molecular flexibility index (Phi) is 6.70. The van der Waals surface area contributed by atoms with Gasteiger partial charge in [-0.15, -0.1) is 0 Å². The Bertz CT molecular complexity index is 125. The molecule has 72 valence electrons. The Hall–Kier alpha value is -0.610. The number of hydrogen-bond donors (Lipinski definition) is 1. The van der Waals surface area contributed by atoms with Crippen LogP contribution in [-0.4, -0.2) is 38.9 Å². The van der Waals surface area contributed by atoms with Crippen LogP contribution in [0.15, 0.2) is 0 Å². The van der Waals surface area contributed by atoms with E-state index in [0.29, 0.717) is 6.61 Å². The van der Waals surface area contributed by atoms with E-state index >= 15 is 0 Å². The normalized spacial score (nSPS) is 10.3. The minimum Gasteiger partial charge on any atom is -0.461 e. The van der Waals surface area contributed by atoms with Crippen molar-refractivity contribution in [3.05, 3.63) is 0 Å². The van der Waals surface area contributed by atoms with Gasteiger partial charge in [0.1, 0.15) is 6.61 Å². The second-order valence-corrected chi connectivity index (χ2v) is 2.69. The molecule has 0 rings (SSSR count). The maximum atomic E-state index is 10.8. The summed E-state index contributed by atoms with van der Waals surface area (Å²) in [5, 5.41) is 2.91. The third-order valence-corrected chi connectivity index (χ3v) is 1.08. The number of esters is 1. The standard InChI is InChI=1S/C8H17NO3/c1-7(2)12-8(10)6-11-5-4-9-3/h7,9H,4-6H2,1-3H3. The van der Waals surface area contributed by atoms with Gasteiger partial charge in [0.2, 0.25) is 0 Å². The molecule has 0 fully saturated rings. The van der Waals surface area contributed by atoms with Gasteiger partial charge >= 0.3 is 5.97 Å². The van der Waals surface area contributed by atoms with Gasteiger partial charge < -0.3 is 14.8 Å². The number of carbonyl (C=O) groups excluding carboxylic acids is 1. The van der Waals surface area contributed by atoms with Crippen LogP contribution < -0.4 is 5.32 Å². The van der Waals surface area contributed by atoms with Gasteiger partial charge in [0.15, 0.2) is 0 Å². The Labute approximate surface area is 73.2 Å². The molecule has 4 nitrogen and oxygen atoms in total. The van der Waals surface area contributed by atoms with Crippen molar-refractivity contribution in [3.63, 3.8) is 0 Å². The molecule has 0 aromatic rings. The molecule has 0 aromatic carbocycles. The summed E-state index contributed by atoms with van der Waals surface area (Å²) < 4.78 is 9.85. The number of hydrogen-bond acceptors (Lipinski definition) is 4. The molecule has 0 heterocycles. The first-order chi connectivity index (χ1) is 5.66. The van der Waals surface area contributed by atoms with Gasteiger partial charge in [-0.05, 0) is 20.9 Å². The molecule has 12 heavy (non-hydrogen) atoms. The summed E-state index contributed by atoms with van der Waals surface area (Å²) >= 11 is 0. The number of nitrogens with one attached hydrogen (secondary N) is 1. The molecule has 0 saturated carbocycles. The Morgan fingerprint density at radius 1 is 1.50 bits per heavy atom. The molecule has 0 aliphatic rings. The van der Waals surface area contributed by atoms with E-state index in [4.69, 9.17) is 9.47 Å². The highest BCUT2D eigenvalue weighted by Crippen LogP contribution is 1.89. The first-order valence-corrected chi connectivity index (χ1v) is 4.08. The molecule has 0 unspecified atom stereocenters. The van der Waals surface area contributed by atoms with Gasteiger partial charge in [-0.1, -0.05) is 0 Å². The third-order valence-electron chi connectivity index (χ3n) is 1.08. The molecule has 0 radical (unpaired) electrons. The second kappa shape index (κ2) is 7.06. The smallest absolute Gasteiger partial charge is 0.332 e. The number of likely N-dealkylation sites (N-methyl/N-ethyl adjacent to an activating group) is 1. The Morgan fingerprint density at radius 2 is 2.17 bits per heavy atom. The van der Waals surface area contributed by atoms with E-state index < -0.39 is 0 Å². The second-order valence-electron chi connectivity index (χ2n) is 2.69. The monoisotopic (exact) mass is 175 g/mol. The summed E-state index contributed by atoms with van der Waals surface area (Å²) in [4.78, 5) is 10.8. The zero-order valence-corrected chi connectivity index (χ0v) is 7.92. The van der Waals surface area contributed by atoms with Gasteiger partial charge in [-0.3, -0.25) is 0 Å². The van der Waals surface area contributed by atoms with Crippen LogP contribution in [0.5, 0.6) is 0 Å². The predicted molar refractivity (Wildman–Crippen MR) is 46.0 cm³/mol. The topological polar surface area (TPSA) is 47.6 Å². The van der Waals surface area contributed by atoms with Crippen molar-refractivity contribution in [2.24, 2.45) is 0 Å². The van der Waals surface area contributed by atoms with Gasteiger partial charge in [-0.2, -0.15) is 0 Å². The van der Waals surface area contributed by atoms with Gasteiger partial charge in [0.25, 0.3) is 0 Å². The molecule has 1 N–H and O–H groups in total. The van der Waals surface area contributed by atoms with E-state index in [1.807, 2.05) is 20.9 Å². The summed E-state index contributed by atoms with van der Waals surface area (Å²) in [5.74, 6) is -0.305. The van der Waals surface area contributed by atoms with Crippen LogP contribution in [0.25, 0.3) is 0 Å². The molecular formula is C8H17NO3. The Morgan fingerprint density at radius 3 is 2.67 bits per heavy atom. The minimum absolute atomic E-state index is 0.0415. The lowest BCUT2D eigenvalue weighted by Crippen LogP contribution is -2.20. The molecule has 0 aliphatic heterocycles. The molecular weight excluding hydrogens is 158 g/mol. The molecule has 0 bridgehead atoms. The van der Waals surface area contributed by atoms with Crippen LogP contribution in [-0.2, 0) is 14.3 Å². The van der Waals surface area contributed by atoms with Crippen molar-refractivity contribution in [1.29, 1.82) is 0 Å². The van der Waals surface area contributed by atoms with Crippen LogP contribution in [0.1, 0.15) is 13.8 Å². The lowest BCUT2D eigenvalue weighted by Gasteiger charge is -2.07. The molecule has 0 aromatic heterocycles. The minimum atomic E-state index is -0.305. The first-order valence-electron chi connectivity index (χ1n) is 4.08. The highest BCUT2D eigenvalue weighted by molar-refractivity contribution is 5.70. The van der Waals surface area contributed by atoms with E-state index in [2.05, 4.69) is 5.32 Å². The summed E-state index contributed by atoms with van der Waals surface area (Å²) in [6.07, 6.45) is -0.0644. The van der Waals surface area contributed by atoms with Crippen molar-refractivity contribution in [3.8, 4) is 0 Å². The van der Waals surface area contributed by atoms with Gasteiger partial charge in [0.05, 0.1) is 12.7 Å². The first kappa shape index (κ1) is 11.4. The Balaban J connectivity index is 3.20. The third kappa shape index (κ3) is 7.50.